The lowest BCUT2D eigenvalue weighted by atomic mass is 10.2. The summed E-state index contributed by atoms with van der Waals surface area (Å²) in [7, 11) is 0. The summed E-state index contributed by atoms with van der Waals surface area (Å²) in [6, 6.07) is 12.5. The Morgan fingerprint density at radius 1 is 1.08 bits per heavy atom. The van der Waals surface area contributed by atoms with Crippen molar-refractivity contribution in [3.63, 3.8) is 0 Å². The molecule has 3 rings (SSSR count). The van der Waals surface area contributed by atoms with Crippen molar-refractivity contribution in [1.82, 2.24) is 9.97 Å². The highest BCUT2D eigenvalue weighted by molar-refractivity contribution is 5.75. The zero-order valence-electron chi connectivity index (χ0n) is 13.3. The summed E-state index contributed by atoms with van der Waals surface area (Å²) in [5, 5.41) is 8.83. The number of hydrogen-bond acceptors (Lipinski definition) is 5. The van der Waals surface area contributed by atoms with E-state index >= 15 is 0 Å². The molecule has 0 aliphatic carbocycles. The van der Waals surface area contributed by atoms with E-state index in [2.05, 4.69) is 9.97 Å². The maximum Gasteiger partial charge on any atom is 0.344 e. The fourth-order valence-corrected chi connectivity index (χ4v) is 2.11. The Bertz CT molecular complexity index is 878. The Labute approximate surface area is 138 Å². The van der Waals surface area contributed by atoms with E-state index in [0.29, 0.717) is 17.4 Å². The van der Waals surface area contributed by atoms with E-state index < -0.39 is 12.1 Å². The molecule has 0 amide bonds. The van der Waals surface area contributed by atoms with Crippen LogP contribution in [0.25, 0.3) is 11.0 Å². The van der Waals surface area contributed by atoms with Gasteiger partial charge in [0, 0.05) is 0 Å². The number of fused-ring (bicyclic) bond motifs is 1. The van der Waals surface area contributed by atoms with Gasteiger partial charge in [-0.15, -0.1) is 0 Å². The number of aromatic nitrogens is 2. The Hall–Kier alpha value is -3.15. The second-order valence-electron chi connectivity index (χ2n) is 5.37. The van der Waals surface area contributed by atoms with E-state index in [4.69, 9.17) is 14.6 Å². The van der Waals surface area contributed by atoms with Gasteiger partial charge in [-0.1, -0.05) is 6.07 Å². The predicted molar refractivity (Wildman–Crippen MR) is 88.5 cm³/mol. The van der Waals surface area contributed by atoms with Crippen molar-refractivity contribution < 1.29 is 19.4 Å². The summed E-state index contributed by atoms with van der Waals surface area (Å²) in [5.74, 6) is 0.388. The van der Waals surface area contributed by atoms with Crippen LogP contribution in [0.2, 0.25) is 0 Å². The second-order valence-corrected chi connectivity index (χ2v) is 5.37. The normalized spacial score (nSPS) is 11.9. The minimum atomic E-state index is -1.02. The summed E-state index contributed by atoms with van der Waals surface area (Å²) >= 11 is 0. The number of carbonyl (C=O) groups is 1. The number of aryl methyl sites for hydroxylation is 1. The summed E-state index contributed by atoms with van der Waals surface area (Å²) in [4.78, 5) is 19.5. The van der Waals surface area contributed by atoms with Gasteiger partial charge in [0.05, 0.1) is 17.2 Å². The number of carboxylic acid groups (broad SMARTS) is 1. The molecule has 0 fully saturated rings. The molecule has 1 heterocycles. The summed E-state index contributed by atoms with van der Waals surface area (Å²) in [5.41, 5.74) is 2.69. The van der Waals surface area contributed by atoms with Gasteiger partial charge in [-0.2, -0.15) is 0 Å². The van der Waals surface area contributed by atoms with Crippen LogP contribution in [-0.2, 0) is 4.79 Å². The lowest BCUT2D eigenvalue weighted by Gasteiger charge is -2.11. The van der Waals surface area contributed by atoms with Gasteiger partial charge in [0.25, 0.3) is 0 Å². The average Bonchev–Trinajstić information content (AvgIpc) is 2.56. The van der Waals surface area contributed by atoms with Gasteiger partial charge in [0.2, 0.25) is 5.88 Å². The molecule has 122 valence electrons. The van der Waals surface area contributed by atoms with Crippen molar-refractivity contribution in [3.8, 4) is 17.4 Å². The maximum atomic E-state index is 10.8. The predicted octanol–water partition coefficient (Wildman–Crippen LogP) is 3.58. The van der Waals surface area contributed by atoms with Crippen LogP contribution in [0.4, 0.5) is 0 Å². The van der Waals surface area contributed by atoms with Gasteiger partial charge in [0.15, 0.2) is 6.10 Å². The number of nitrogens with zero attached hydrogens (tertiary/aromatic N) is 2. The third-order valence-corrected chi connectivity index (χ3v) is 3.38. The molecule has 0 saturated carbocycles. The fraction of sp³-hybridized carbons (Fsp3) is 0.167. The summed E-state index contributed by atoms with van der Waals surface area (Å²) in [6.07, 6.45) is 0.658. The van der Waals surface area contributed by atoms with Crippen molar-refractivity contribution in [3.05, 3.63) is 54.2 Å². The van der Waals surface area contributed by atoms with Crippen LogP contribution >= 0.6 is 0 Å². The lowest BCUT2D eigenvalue weighted by molar-refractivity contribution is -0.144. The van der Waals surface area contributed by atoms with Crippen LogP contribution in [0, 0.1) is 6.92 Å². The molecule has 0 saturated heterocycles. The van der Waals surface area contributed by atoms with E-state index in [1.165, 1.54) is 6.92 Å². The molecule has 0 bridgehead atoms. The Morgan fingerprint density at radius 2 is 1.79 bits per heavy atom. The Kier molecular flexibility index (Phi) is 4.29. The highest BCUT2D eigenvalue weighted by atomic mass is 16.5. The average molecular weight is 324 g/mol. The van der Waals surface area contributed by atoms with Gasteiger partial charge in [0.1, 0.15) is 11.5 Å². The molecule has 24 heavy (non-hydrogen) atoms. The van der Waals surface area contributed by atoms with E-state index in [9.17, 15) is 4.79 Å². The number of ether oxygens (including phenoxy) is 2. The zero-order valence-corrected chi connectivity index (χ0v) is 13.3. The van der Waals surface area contributed by atoms with Gasteiger partial charge >= 0.3 is 5.97 Å². The third kappa shape index (κ3) is 3.60. The van der Waals surface area contributed by atoms with Crippen molar-refractivity contribution in [2.75, 3.05) is 0 Å². The summed E-state index contributed by atoms with van der Waals surface area (Å²) < 4.78 is 10.9. The Morgan fingerprint density at radius 3 is 2.50 bits per heavy atom. The standard InChI is InChI=1S/C18H16N2O4/c1-11-3-8-15-16(9-11)19-10-17(20-15)24-14-6-4-13(5-7-14)23-12(2)18(21)22/h3-10,12H,1-2H3,(H,21,22). The maximum absolute atomic E-state index is 10.8. The smallest absolute Gasteiger partial charge is 0.344 e. The van der Waals surface area contributed by atoms with Gasteiger partial charge in [-0.25, -0.2) is 14.8 Å². The van der Waals surface area contributed by atoms with Crippen LogP contribution in [-0.4, -0.2) is 27.1 Å². The van der Waals surface area contributed by atoms with Crippen LogP contribution in [0.15, 0.2) is 48.7 Å². The molecule has 1 atom stereocenters. The highest BCUT2D eigenvalue weighted by Crippen LogP contribution is 2.24. The van der Waals surface area contributed by atoms with Crippen LogP contribution in [0.3, 0.4) is 0 Å². The first kappa shape index (κ1) is 15.7. The zero-order chi connectivity index (χ0) is 17.1. The van der Waals surface area contributed by atoms with Crippen molar-refractivity contribution in [2.24, 2.45) is 0 Å². The fourth-order valence-electron chi connectivity index (χ4n) is 2.11. The van der Waals surface area contributed by atoms with E-state index in [-0.39, 0.29) is 0 Å². The number of hydrogen-bond donors (Lipinski definition) is 1. The first-order valence-corrected chi connectivity index (χ1v) is 7.42. The molecule has 0 aliphatic heterocycles. The monoisotopic (exact) mass is 324 g/mol. The quantitative estimate of drug-likeness (QED) is 0.772. The Balaban J connectivity index is 1.74. The highest BCUT2D eigenvalue weighted by Gasteiger charge is 2.12. The second kappa shape index (κ2) is 6.54. The molecule has 3 aromatic rings. The molecular formula is C18H16N2O4. The first-order chi connectivity index (χ1) is 11.5. The van der Waals surface area contributed by atoms with E-state index in [0.717, 1.165) is 16.6 Å². The third-order valence-electron chi connectivity index (χ3n) is 3.38. The minimum Gasteiger partial charge on any atom is -0.479 e. The van der Waals surface area contributed by atoms with Gasteiger partial charge in [-0.3, -0.25) is 0 Å². The molecule has 6 nitrogen and oxygen atoms in total. The topological polar surface area (TPSA) is 81.5 Å². The summed E-state index contributed by atoms with van der Waals surface area (Å²) in [6.45, 7) is 3.47. The molecule has 0 spiro atoms. The lowest BCUT2D eigenvalue weighted by Crippen LogP contribution is -2.22. The van der Waals surface area contributed by atoms with Crippen LogP contribution < -0.4 is 9.47 Å². The van der Waals surface area contributed by atoms with Crippen molar-refractivity contribution in [1.29, 1.82) is 0 Å². The number of carboxylic acids is 1. The first-order valence-electron chi connectivity index (χ1n) is 7.42. The van der Waals surface area contributed by atoms with Crippen molar-refractivity contribution >= 4 is 17.0 Å². The van der Waals surface area contributed by atoms with Gasteiger partial charge in [-0.05, 0) is 55.8 Å². The SMILES string of the molecule is Cc1ccc2nc(Oc3ccc(OC(C)C(=O)O)cc3)cnc2c1. The van der Waals surface area contributed by atoms with Gasteiger partial charge < -0.3 is 14.6 Å². The largest absolute Gasteiger partial charge is 0.479 e. The molecule has 1 unspecified atom stereocenters. The molecule has 1 aromatic heterocycles. The van der Waals surface area contributed by atoms with Crippen LogP contribution in [0.1, 0.15) is 12.5 Å². The molecule has 2 aromatic carbocycles. The number of rotatable bonds is 5. The molecule has 0 radical (unpaired) electrons. The minimum absolute atomic E-state index is 0.388. The van der Waals surface area contributed by atoms with Crippen molar-refractivity contribution in [2.45, 2.75) is 20.0 Å². The van der Waals surface area contributed by atoms with E-state index in [1.54, 1.807) is 30.5 Å². The number of benzene rings is 2. The molecule has 0 aliphatic rings. The molecule has 1 N–H and O–H groups in total. The molecular weight excluding hydrogens is 308 g/mol. The molecule has 6 heteroatoms. The number of aliphatic carboxylic acids is 1. The van der Waals surface area contributed by atoms with E-state index in [1.807, 2.05) is 25.1 Å². The van der Waals surface area contributed by atoms with Crippen LogP contribution in [0.5, 0.6) is 17.4 Å².